The van der Waals surface area contributed by atoms with Gasteiger partial charge in [-0.2, -0.15) is 0 Å². The first-order valence-corrected chi connectivity index (χ1v) is 12.1. The normalized spacial score (nSPS) is 14.7. The van der Waals surface area contributed by atoms with Crippen LogP contribution in [0.2, 0.25) is 0 Å². The first-order valence-electron chi connectivity index (χ1n) is 10.4. The fraction of sp³-hybridized carbons (Fsp3) is 0.304. The summed E-state index contributed by atoms with van der Waals surface area (Å²) in [6.45, 7) is 1.47. The van der Waals surface area contributed by atoms with Crippen molar-refractivity contribution in [3.63, 3.8) is 0 Å². The monoisotopic (exact) mass is 450 g/mol. The molecule has 3 aromatic heterocycles. The Morgan fingerprint density at radius 3 is 2.74 bits per heavy atom. The van der Waals surface area contributed by atoms with Crippen LogP contribution < -0.4 is 10.6 Å². The second-order valence-corrected chi connectivity index (χ2v) is 9.81. The van der Waals surface area contributed by atoms with Crippen molar-refractivity contribution in [1.29, 1.82) is 0 Å². The van der Waals surface area contributed by atoms with Crippen LogP contribution in [0.15, 0.2) is 35.8 Å². The van der Waals surface area contributed by atoms with E-state index in [4.69, 9.17) is 0 Å². The molecule has 4 aromatic rings. The average Bonchev–Trinajstić information content (AvgIpc) is 3.36. The molecular weight excluding hydrogens is 428 g/mol. The largest absolute Gasteiger partial charge is 0.349 e. The number of nitrogens with one attached hydrogen (secondary N) is 2. The van der Waals surface area contributed by atoms with Crippen molar-refractivity contribution < 1.29 is 9.59 Å². The predicted molar refractivity (Wildman–Crippen MR) is 127 cm³/mol. The number of anilines is 1. The van der Waals surface area contributed by atoms with E-state index < -0.39 is 0 Å². The summed E-state index contributed by atoms with van der Waals surface area (Å²) in [7, 11) is 0. The van der Waals surface area contributed by atoms with E-state index in [9.17, 15) is 9.59 Å². The van der Waals surface area contributed by atoms with Crippen LogP contribution in [0.4, 0.5) is 5.13 Å². The number of rotatable bonds is 4. The van der Waals surface area contributed by atoms with E-state index in [1.807, 2.05) is 29.8 Å². The molecule has 1 aromatic carbocycles. The Bertz CT molecular complexity index is 1290. The predicted octanol–water partition coefficient (Wildman–Crippen LogP) is 5.59. The lowest BCUT2D eigenvalue weighted by Crippen LogP contribution is -2.36. The quantitative estimate of drug-likeness (QED) is 0.424. The second-order valence-electron chi connectivity index (χ2n) is 7.92. The van der Waals surface area contributed by atoms with Crippen LogP contribution in [0.3, 0.4) is 0 Å². The van der Waals surface area contributed by atoms with Crippen molar-refractivity contribution in [3.8, 4) is 11.1 Å². The Labute approximate surface area is 187 Å². The Hall–Kier alpha value is -2.84. The topological polar surface area (TPSA) is 84.0 Å². The van der Waals surface area contributed by atoms with E-state index in [1.54, 1.807) is 0 Å². The number of benzene rings is 1. The molecule has 1 aliphatic carbocycles. The van der Waals surface area contributed by atoms with Gasteiger partial charge in [-0.15, -0.1) is 11.3 Å². The minimum absolute atomic E-state index is 0.00467. The molecule has 0 unspecified atom stereocenters. The first kappa shape index (κ1) is 20.1. The molecular formula is C23H22N4O2S2. The fourth-order valence-corrected chi connectivity index (χ4v) is 5.89. The van der Waals surface area contributed by atoms with Gasteiger partial charge in [0.25, 0.3) is 5.91 Å². The number of nitrogens with zero attached hydrogens (tertiary/aromatic N) is 2. The third-order valence-electron chi connectivity index (χ3n) is 5.62. The van der Waals surface area contributed by atoms with Gasteiger partial charge in [0.1, 0.15) is 4.83 Å². The number of carbonyl (C=O) groups excluding carboxylic acids is 2. The number of hydrogen-bond acceptors (Lipinski definition) is 6. The van der Waals surface area contributed by atoms with Crippen molar-refractivity contribution in [2.45, 2.75) is 45.1 Å². The Balaban J connectivity index is 1.45. The van der Waals surface area contributed by atoms with Gasteiger partial charge >= 0.3 is 0 Å². The summed E-state index contributed by atoms with van der Waals surface area (Å²) in [5.74, 6) is -0.139. The van der Waals surface area contributed by atoms with Gasteiger partial charge in [-0.25, -0.2) is 9.97 Å². The summed E-state index contributed by atoms with van der Waals surface area (Å²) in [4.78, 5) is 34.1. The van der Waals surface area contributed by atoms with Gasteiger partial charge in [0, 0.05) is 35.5 Å². The maximum Gasteiger partial charge on any atom is 0.253 e. The van der Waals surface area contributed by atoms with Crippen molar-refractivity contribution in [3.05, 3.63) is 41.4 Å². The fourth-order valence-electron chi connectivity index (χ4n) is 4.07. The molecule has 6 nitrogen and oxygen atoms in total. The van der Waals surface area contributed by atoms with Gasteiger partial charge in [-0.1, -0.05) is 36.7 Å². The number of thiophene rings is 1. The Morgan fingerprint density at radius 2 is 1.94 bits per heavy atom. The minimum Gasteiger partial charge on any atom is -0.349 e. The van der Waals surface area contributed by atoms with Crippen LogP contribution in [0.1, 0.15) is 49.4 Å². The van der Waals surface area contributed by atoms with Gasteiger partial charge in [0.2, 0.25) is 5.91 Å². The SMILES string of the molecule is CC(=O)Nc1nc2ccc(-c3cnc4scc(C(=O)NC5CCCCC5)c4c3)cc2s1. The lowest BCUT2D eigenvalue weighted by Gasteiger charge is -2.22. The zero-order valence-electron chi connectivity index (χ0n) is 17.1. The summed E-state index contributed by atoms with van der Waals surface area (Å²) < 4.78 is 0.988. The highest BCUT2D eigenvalue weighted by atomic mass is 32.1. The molecule has 0 atom stereocenters. The average molecular weight is 451 g/mol. The molecule has 0 bridgehead atoms. The van der Waals surface area contributed by atoms with Crippen molar-refractivity contribution >= 4 is 60.1 Å². The molecule has 158 valence electrons. The molecule has 0 aliphatic heterocycles. The number of pyridine rings is 1. The molecule has 2 amide bonds. The van der Waals surface area contributed by atoms with E-state index in [0.29, 0.717) is 10.7 Å². The molecule has 1 aliphatic rings. The summed E-state index contributed by atoms with van der Waals surface area (Å²) in [5, 5.41) is 9.34. The molecule has 3 heterocycles. The first-order chi connectivity index (χ1) is 15.1. The summed E-state index contributed by atoms with van der Waals surface area (Å²) in [5.41, 5.74) is 3.50. The maximum absolute atomic E-state index is 12.9. The molecule has 8 heteroatoms. The van der Waals surface area contributed by atoms with Crippen LogP contribution in [-0.2, 0) is 4.79 Å². The molecule has 1 saturated carbocycles. The van der Waals surface area contributed by atoms with Gasteiger partial charge in [-0.3, -0.25) is 9.59 Å². The smallest absolute Gasteiger partial charge is 0.253 e. The Kier molecular flexibility index (Phi) is 5.41. The lowest BCUT2D eigenvalue weighted by molar-refractivity contribution is -0.114. The minimum atomic E-state index is -0.134. The zero-order chi connectivity index (χ0) is 21.4. The van der Waals surface area contributed by atoms with E-state index in [2.05, 4.69) is 26.7 Å². The number of carbonyl (C=O) groups is 2. The third kappa shape index (κ3) is 4.18. The molecule has 0 spiro atoms. The zero-order valence-corrected chi connectivity index (χ0v) is 18.7. The molecule has 0 radical (unpaired) electrons. The molecule has 31 heavy (non-hydrogen) atoms. The number of thiazole rings is 1. The number of amides is 2. The van der Waals surface area contributed by atoms with E-state index >= 15 is 0 Å². The van der Waals surface area contributed by atoms with Crippen molar-refractivity contribution in [2.24, 2.45) is 0 Å². The highest BCUT2D eigenvalue weighted by Gasteiger charge is 2.19. The highest BCUT2D eigenvalue weighted by molar-refractivity contribution is 7.22. The summed E-state index contributed by atoms with van der Waals surface area (Å²) in [6, 6.07) is 8.32. The van der Waals surface area contributed by atoms with Gasteiger partial charge in [0.05, 0.1) is 15.8 Å². The van der Waals surface area contributed by atoms with Gasteiger partial charge < -0.3 is 10.6 Å². The Morgan fingerprint density at radius 1 is 1.10 bits per heavy atom. The van der Waals surface area contributed by atoms with Crippen LogP contribution in [0.5, 0.6) is 0 Å². The van der Waals surface area contributed by atoms with E-state index in [-0.39, 0.29) is 17.9 Å². The number of hydrogen-bond donors (Lipinski definition) is 2. The number of fused-ring (bicyclic) bond motifs is 2. The maximum atomic E-state index is 12.9. The number of aromatic nitrogens is 2. The van der Waals surface area contributed by atoms with E-state index in [1.165, 1.54) is 48.9 Å². The second kappa shape index (κ2) is 8.36. The van der Waals surface area contributed by atoms with Crippen LogP contribution >= 0.6 is 22.7 Å². The standard InChI is InChI=1S/C23H22N4O2S2/c1-13(28)25-23-27-19-8-7-14(10-20(19)31-23)15-9-17-18(12-30-22(17)24-11-15)21(29)26-16-5-3-2-4-6-16/h7-12,16H,2-6H2,1H3,(H,26,29)(H,25,27,28). The van der Waals surface area contributed by atoms with Crippen LogP contribution in [0, 0.1) is 0 Å². The van der Waals surface area contributed by atoms with Crippen LogP contribution in [-0.4, -0.2) is 27.8 Å². The highest BCUT2D eigenvalue weighted by Crippen LogP contribution is 2.33. The molecule has 5 rings (SSSR count). The van der Waals surface area contributed by atoms with E-state index in [0.717, 1.165) is 44.4 Å². The molecule has 2 N–H and O–H groups in total. The van der Waals surface area contributed by atoms with Gasteiger partial charge in [-0.05, 0) is 36.6 Å². The summed E-state index contributed by atoms with van der Waals surface area (Å²) >= 11 is 2.94. The van der Waals surface area contributed by atoms with Crippen LogP contribution in [0.25, 0.3) is 31.6 Å². The van der Waals surface area contributed by atoms with Crippen molar-refractivity contribution in [1.82, 2.24) is 15.3 Å². The lowest BCUT2D eigenvalue weighted by atomic mass is 9.95. The molecule has 1 fully saturated rings. The summed E-state index contributed by atoms with van der Waals surface area (Å²) in [6.07, 6.45) is 7.60. The van der Waals surface area contributed by atoms with Gasteiger partial charge in [0.15, 0.2) is 5.13 Å². The van der Waals surface area contributed by atoms with Crippen molar-refractivity contribution in [2.75, 3.05) is 5.32 Å². The molecule has 0 saturated heterocycles. The third-order valence-corrected chi connectivity index (χ3v) is 7.46.